The van der Waals surface area contributed by atoms with E-state index in [1.54, 1.807) is 27.0 Å². The van der Waals surface area contributed by atoms with Crippen LogP contribution < -0.4 is 4.90 Å². The van der Waals surface area contributed by atoms with Gasteiger partial charge in [0.25, 0.3) is 0 Å². The Labute approximate surface area is 104 Å². The van der Waals surface area contributed by atoms with Crippen LogP contribution in [0.4, 0.5) is 11.5 Å². The topological polar surface area (TPSA) is 103 Å². The summed E-state index contributed by atoms with van der Waals surface area (Å²) >= 11 is 0. The Morgan fingerprint density at radius 2 is 2.28 bits per heavy atom. The van der Waals surface area contributed by atoms with Crippen LogP contribution in [0.15, 0.2) is 12.3 Å². The van der Waals surface area contributed by atoms with Gasteiger partial charge in [0.1, 0.15) is 6.07 Å². The van der Waals surface area contributed by atoms with E-state index in [1.807, 2.05) is 0 Å². The highest BCUT2D eigenvalue weighted by Gasteiger charge is 2.24. The molecular weight excluding hydrogens is 236 g/mol. The van der Waals surface area contributed by atoms with Crippen molar-refractivity contribution in [3.63, 3.8) is 0 Å². The third kappa shape index (κ3) is 3.40. The van der Waals surface area contributed by atoms with E-state index < -0.39 is 10.5 Å². The standard InChI is InChI=1S/C11H14N4O3/c1-11(2,16)7-14(3)10-9(15(17)18)4-8(5-12)6-13-10/h4,6,16H,7H2,1-3H3. The Kier molecular flexibility index (Phi) is 3.83. The maximum absolute atomic E-state index is 10.9. The highest BCUT2D eigenvalue weighted by Crippen LogP contribution is 2.26. The minimum atomic E-state index is -1.00. The Morgan fingerprint density at radius 1 is 1.67 bits per heavy atom. The number of aromatic nitrogens is 1. The van der Waals surface area contributed by atoms with Crippen molar-refractivity contribution in [3.8, 4) is 6.07 Å². The van der Waals surface area contributed by atoms with Gasteiger partial charge < -0.3 is 10.0 Å². The number of nitrogens with zero attached hydrogens (tertiary/aromatic N) is 4. The molecule has 0 aliphatic heterocycles. The van der Waals surface area contributed by atoms with E-state index in [9.17, 15) is 15.2 Å². The minimum Gasteiger partial charge on any atom is -0.389 e. The normalized spacial score (nSPS) is 10.8. The fourth-order valence-electron chi connectivity index (χ4n) is 1.59. The van der Waals surface area contributed by atoms with Crippen molar-refractivity contribution in [2.24, 2.45) is 0 Å². The van der Waals surface area contributed by atoms with Gasteiger partial charge in [-0.05, 0) is 13.8 Å². The smallest absolute Gasteiger partial charge is 0.312 e. The third-order valence-corrected chi connectivity index (χ3v) is 2.16. The molecule has 18 heavy (non-hydrogen) atoms. The molecule has 0 bridgehead atoms. The average molecular weight is 250 g/mol. The van der Waals surface area contributed by atoms with E-state index in [4.69, 9.17) is 5.26 Å². The van der Waals surface area contributed by atoms with Gasteiger partial charge >= 0.3 is 5.69 Å². The number of aliphatic hydroxyl groups is 1. The first-order valence-corrected chi connectivity index (χ1v) is 5.22. The predicted octanol–water partition coefficient (Wildman–Crippen LogP) is 1.07. The number of anilines is 1. The highest BCUT2D eigenvalue weighted by molar-refractivity contribution is 5.59. The summed E-state index contributed by atoms with van der Waals surface area (Å²) in [6.07, 6.45) is 1.27. The molecule has 1 aromatic heterocycles. The number of hydrogen-bond donors (Lipinski definition) is 1. The monoisotopic (exact) mass is 250 g/mol. The van der Waals surface area contributed by atoms with Crippen LogP contribution >= 0.6 is 0 Å². The zero-order valence-electron chi connectivity index (χ0n) is 10.4. The first-order chi connectivity index (χ1) is 8.24. The number of pyridine rings is 1. The molecule has 0 saturated heterocycles. The first-order valence-electron chi connectivity index (χ1n) is 5.22. The molecule has 0 saturated carbocycles. The van der Waals surface area contributed by atoms with Gasteiger partial charge in [-0.25, -0.2) is 4.98 Å². The minimum absolute atomic E-state index is 0.126. The molecule has 0 unspecified atom stereocenters. The van der Waals surface area contributed by atoms with E-state index in [0.717, 1.165) is 0 Å². The van der Waals surface area contributed by atoms with Crippen molar-refractivity contribution < 1.29 is 10.0 Å². The van der Waals surface area contributed by atoms with Crippen LogP contribution in [0.1, 0.15) is 19.4 Å². The zero-order chi connectivity index (χ0) is 13.9. The summed E-state index contributed by atoms with van der Waals surface area (Å²) in [7, 11) is 1.60. The molecule has 0 amide bonds. The average Bonchev–Trinajstić information content (AvgIpc) is 2.25. The summed E-state index contributed by atoms with van der Waals surface area (Å²) in [4.78, 5) is 15.7. The first kappa shape index (κ1) is 13.9. The van der Waals surface area contributed by atoms with Crippen molar-refractivity contribution in [2.75, 3.05) is 18.5 Å². The molecular formula is C11H14N4O3. The van der Waals surface area contributed by atoms with Crippen molar-refractivity contribution in [1.82, 2.24) is 4.98 Å². The van der Waals surface area contributed by atoms with Gasteiger partial charge in [-0.2, -0.15) is 5.26 Å². The molecule has 7 heteroatoms. The van der Waals surface area contributed by atoms with Crippen LogP contribution in [0.5, 0.6) is 0 Å². The molecule has 0 fully saturated rings. The molecule has 0 spiro atoms. The fourth-order valence-corrected chi connectivity index (χ4v) is 1.59. The number of rotatable bonds is 4. The molecule has 7 nitrogen and oxygen atoms in total. The van der Waals surface area contributed by atoms with Crippen molar-refractivity contribution >= 4 is 11.5 Å². The van der Waals surface area contributed by atoms with E-state index >= 15 is 0 Å². The molecule has 0 atom stereocenters. The van der Waals surface area contributed by atoms with Crippen LogP contribution in [0.25, 0.3) is 0 Å². The molecule has 0 aliphatic carbocycles. The summed E-state index contributed by atoms with van der Waals surface area (Å²) in [5, 5.41) is 29.3. The second kappa shape index (κ2) is 4.98. The number of nitriles is 1. The van der Waals surface area contributed by atoms with Crippen molar-refractivity contribution in [1.29, 1.82) is 5.26 Å². The molecule has 1 rings (SSSR count). The molecule has 1 aromatic rings. The summed E-state index contributed by atoms with van der Waals surface area (Å²) in [6.45, 7) is 3.38. The second-order valence-electron chi connectivity index (χ2n) is 4.60. The maximum Gasteiger partial charge on any atom is 0.312 e. The van der Waals surface area contributed by atoms with E-state index in [0.29, 0.717) is 0 Å². The Bertz CT molecular complexity index is 502. The van der Waals surface area contributed by atoms with Crippen LogP contribution in [0.2, 0.25) is 0 Å². The largest absolute Gasteiger partial charge is 0.389 e. The van der Waals surface area contributed by atoms with Crippen molar-refractivity contribution in [3.05, 3.63) is 27.9 Å². The van der Waals surface area contributed by atoms with E-state index in [-0.39, 0.29) is 23.6 Å². The van der Waals surface area contributed by atoms with Gasteiger partial charge in [0.15, 0.2) is 0 Å². The number of likely N-dealkylation sites (N-methyl/N-ethyl adjacent to an activating group) is 1. The Morgan fingerprint density at radius 3 is 2.72 bits per heavy atom. The Hall–Kier alpha value is -2.20. The summed E-state index contributed by atoms with van der Waals surface area (Å²) in [5.74, 6) is 0.126. The lowest BCUT2D eigenvalue weighted by molar-refractivity contribution is -0.384. The van der Waals surface area contributed by atoms with Gasteiger partial charge in [-0.3, -0.25) is 10.1 Å². The van der Waals surface area contributed by atoms with Crippen LogP contribution in [-0.4, -0.2) is 34.2 Å². The predicted molar refractivity (Wildman–Crippen MR) is 65.2 cm³/mol. The highest BCUT2D eigenvalue weighted by atomic mass is 16.6. The fraction of sp³-hybridized carbons (Fsp3) is 0.455. The summed E-state index contributed by atoms with van der Waals surface area (Å²) in [6, 6.07) is 2.97. The quantitative estimate of drug-likeness (QED) is 0.633. The lowest BCUT2D eigenvalue weighted by Gasteiger charge is -2.25. The molecule has 0 aromatic carbocycles. The molecule has 1 heterocycles. The van der Waals surface area contributed by atoms with Crippen LogP contribution in [-0.2, 0) is 0 Å². The zero-order valence-corrected chi connectivity index (χ0v) is 10.4. The van der Waals surface area contributed by atoms with Gasteiger partial charge in [0.2, 0.25) is 5.82 Å². The second-order valence-corrected chi connectivity index (χ2v) is 4.60. The molecule has 0 aliphatic rings. The van der Waals surface area contributed by atoms with Crippen molar-refractivity contribution in [2.45, 2.75) is 19.4 Å². The molecule has 1 N–H and O–H groups in total. The Balaban J connectivity index is 3.16. The SMILES string of the molecule is CN(CC(C)(C)O)c1ncc(C#N)cc1[N+](=O)[O-]. The van der Waals surface area contributed by atoms with Crippen LogP contribution in [0, 0.1) is 21.4 Å². The lowest BCUT2D eigenvalue weighted by atomic mass is 10.1. The van der Waals surface area contributed by atoms with Gasteiger partial charge in [-0.1, -0.05) is 0 Å². The molecule has 96 valence electrons. The summed E-state index contributed by atoms with van der Waals surface area (Å²) in [5.41, 5.74) is -1.12. The van der Waals surface area contributed by atoms with Crippen LogP contribution in [0.3, 0.4) is 0 Å². The van der Waals surface area contributed by atoms with Gasteiger partial charge in [0, 0.05) is 25.9 Å². The van der Waals surface area contributed by atoms with E-state index in [2.05, 4.69) is 4.98 Å². The van der Waals surface area contributed by atoms with Gasteiger partial charge in [-0.15, -0.1) is 0 Å². The maximum atomic E-state index is 10.9. The number of hydrogen-bond acceptors (Lipinski definition) is 6. The van der Waals surface area contributed by atoms with Gasteiger partial charge in [0.05, 0.1) is 16.1 Å². The summed E-state index contributed by atoms with van der Waals surface area (Å²) < 4.78 is 0. The number of nitro groups is 1. The molecule has 0 radical (unpaired) electrons. The lowest BCUT2D eigenvalue weighted by Crippen LogP contribution is -2.36. The third-order valence-electron chi connectivity index (χ3n) is 2.16. The van der Waals surface area contributed by atoms with E-state index in [1.165, 1.54) is 17.2 Å².